The lowest BCUT2D eigenvalue weighted by atomic mass is 10.1. The molecule has 4 heteroatoms. The molecular formula is C25H38O3Si. The predicted octanol–water partition coefficient (Wildman–Crippen LogP) is 6.41. The van der Waals surface area contributed by atoms with Crippen LogP contribution < -0.4 is 4.74 Å². The van der Waals surface area contributed by atoms with Gasteiger partial charge in [0, 0.05) is 21.3 Å². The number of hydrogen-bond donors (Lipinski definition) is 0. The highest BCUT2D eigenvalue weighted by Crippen LogP contribution is 2.14. The van der Waals surface area contributed by atoms with Gasteiger partial charge in [0.25, 0.3) is 0 Å². The Hall–Kier alpha value is -1.62. The average molecular weight is 415 g/mol. The Morgan fingerprint density at radius 3 is 1.52 bits per heavy atom. The van der Waals surface area contributed by atoms with E-state index in [4.69, 9.17) is 14.2 Å². The zero-order chi connectivity index (χ0) is 21.0. The molecule has 3 nitrogen and oxygen atoms in total. The van der Waals surface area contributed by atoms with E-state index in [0.717, 1.165) is 38.4 Å². The molecule has 0 fully saturated rings. The lowest BCUT2D eigenvalue weighted by Crippen LogP contribution is -2.23. The molecule has 160 valence electrons. The van der Waals surface area contributed by atoms with Crippen molar-refractivity contribution in [2.24, 2.45) is 0 Å². The van der Waals surface area contributed by atoms with Crippen molar-refractivity contribution in [1.82, 2.24) is 0 Å². The van der Waals surface area contributed by atoms with Crippen LogP contribution >= 0.6 is 0 Å². The number of unbranched alkanes of at least 4 members (excludes halogenated alkanes) is 3. The molecule has 0 saturated heterocycles. The third-order valence-corrected chi connectivity index (χ3v) is 6.25. The first-order chi connectivity index (χ1) is 14.0. The summed E-state index contributed by atoms with van der Waals surface area (Å²) in [6.07, 6.45) is 4.61. The molecule has 0 radical (unpaired) electrons. The average Bonchev–Trinajstić information content (AvgIpc) is 2.70. The van der Waals surface area contributed by atoms with Crippen LogP contribution in [0.3, 0.4) is 0 Å². The molecule has 29 heavy (non-hydrogen) atoms. The molecule has 0 aromatic heterocycles. The van der Waals surface area contributed by atoms with Crippen molar-refractivity contribution >= 4 is 8.07 Å². The normalized spacial score (nSPS) is 11.6. The molecular weight excluding hydrogens is 376 g/mol. The smallest absolute Gasteiger partial charge is 0.118 e. The van der Waals surface area contributed by atoms with Gasteiger partial charge in [-0.2, -0.15) is 0 Å². The van der Waals surface area contributed by atoms with Crippen LogP contribution in [-0.2, 0) is 28.7 Å². The number of ether oxygens (including phenoxy) is 3. The van der Waals surface area contributed by atoms with Gasteiger partial charge in [-0.15, -0.1) is 0 Å². The molecule has 0 N–H and O–H groups in total. The van der Waals surface area contributed by atoms with Gasteiger partial charge < -0.3 is 14.2 Å². The van der Waals surface area contributed by atoms with Crippen LogP contribution in [0, 0.1) is 0 Å². The molecule has 0 amide bonds. The maximum absolute atomic E-state index is 5.83. The van der Waals surface area contributed by atoms with Crippen LogP contribution in [0.5, 0.6) is 5.75 Å². The minimum atomic E-state index is -1.03. The first-order valence-corrected chi connectivity index (χ1v) is 14.5. The van der Waals surface area contributed by atoms with Crippen molar-refractivity contribution in [3.63, 3.8) is 0 Å². The zero-order valence-electron chi connectivity index (χ0n) is 18.7. The van der Waals surface area contributed by atoms with Crippen LogP contribution in [0.1, 0.15) is 42.4 Å². The van der Waals surface area contributed by atoms with Gasteiger partial charge in [0.1, 0.15) is 5.75 Å². The Bertz CT molecular complexity index is 675. The fraction of sp³-hybridized carbons (Fsp3) is 0.520. The van der Waals surface area contributed by atoms with Crippen molar-refractivity contribution in [2.45, 2.75) is 64.6 Å². The van der Waals surface area contributed by atoms with E-state index in [9.17, 15) is 0 Å². The lowest BCUT2D eigenvalue weighted by molar-refractivity contribution is 0.108. The van der Waals surface area contributed by atoms with Gasteiger partial charge in [-0.3, -0.25) is 0 Å². The van der Waals surface area contributed by atoms with E-state index in [1.165, 1.54) is 35.6 Å². The monoisotopic (exact) mass is 414 g/mol. The molecule has 0 aliphatic rings. The summed E-state index contributed by atoms with van der Waals surface area (Å²) in [5.41, 5.74) is 3.92. The summed E-state index contributed by atoms with van der Waals surface area (Å²) in [6.45, 7) is 10.3. The lowest BCUT2D eigenvalue weighted by Gasteiger charge is -2.15. The fourth-order valence-corrected chi connectivity index (χ4v) is 4.69. The molecule has 0 atom stereocenters. The molecule has 2 aromatic carbocycles. The van der Waals surface area contributed by atoms with Crippen molar-refractivity contribution in [3.8, 4) is 5.75 Å². The van der Waals surface area contributed by atoms with Crippen molar-refractivity contribution in [1.29, 1.82) is 0 Å². The van der Waals surface area contributed by atoms with Crippen LogP contribution in [0.2, 0.25) is 19.6 Å². The fourth-order valence-electron chi connectivity index (χ4n) is 3.23. The molecule has 0 unspecified atom stereocenters. The number of benzene rings is 2. The van der Waals surface area contributed by atoms with Gasteiger partial charge >= 0.3 is 0 Å². The molecule has 0 bridgehead atoms. The molecule has 2 aromatic rings. The predicted molar refractivity (Wildman–Crippen MR) is 124 cm³/mol. The standard InChI is InChI=1S/C25H38O3Si/c1-26-25-15-13-23(14-16-25)20-28-18-8-6-5-7-17-27-19-22-9-11-24(12-10-22)21-29(2,3)4/h9-16H,5-8,17-21H2,1-4H3. The minimum absolute atomic E-state index is 0.670. The van der Waals surface area contributed by atoms with Gasteiger partial charge in [0.15, 0.2) is 0 Å². The van der Waals surface area contributed by atoms with Gasteiger partial charge in [0.2, 0.25) is 0 Å². The van der Waals surface area contributed by atoms with E-state index in [1.807, 2.05) is 12.1 Å². The van der Waals surface area contributed by atoms with E-state index in [0.29, 0.717) is 6.61 Å². The summed E-state index contributed by atoms with van der Waals surface area (Å²) >= 11 is 0. The second-order valence-corrected chi connectivity index (χ2v) is 14.4. The van der Waals surface area contributed by atoms with E-state index in [1.54, 1.807) is 7.11 Å². The Labute approximate surface area is 178 Å². The third kappa shape index (κ3) is 10.6. The maximum atomic E-state index is 5.83. The Morgan fingerprint density at radius 2 is 1.07 bits per heavy atom. The van der Waals surface area contributed by atoms with E-state index in [-0.39, 0.29) is 0 Å². The summed E-state index contributed by atoms with van der Waals surface area (Å²) in [4.78, 5) is 0. The number of rotatable bonds is 14. The zero-order valence-corrected chi connectivity index (χ0v) is 19.7. The van der Waals surface area contributed by atoms with E-state index < -0.39 is 8.07 Å². The van der Waals surface area contributed by atoms with Crippen LogP contribution in [0.25, 0.3) is 0 Å². The second kappa shape index (κ2) is 12.8. The molecule has 0 aliphatic carbocycles. The summed E-state index contributed by atoms with van der Waals surface area (Å²) < 4.78 is 16.7. The van der Waals surface area contributed by atoms with Gasteiger partial charge in [-0.1, -0.05) is 74.4 Å². The largest absolute Gasteiger partial charge is 0.497 e. The summed E-state index contributed by atoms with van der Waals surface area (Å²) in [5, 5.41) is 0. The highest BCUT2D eigenvalue weighted by atomic mass is 28.3. The van der Waals surface area contributed by atoms with Crippen molar-refractivity contribution < 1.29 is 14.2 Å². The van der Waals surface area contributed by atoms with E-state index in [2.05, 4.69) is 56.0 Å². The highest BCUT2D eigenvalue weighted by molar-refractivity contribution is 6.75. The Morgan fingerprint density at radius 1 is 0.621 bits per heavy atom. The highest BCUT2D eigenvalue weighted by Gasteiger charge is 2.13. The SMILES string of the molecule is COc1ccc(COCCCCCCOCc2ccc(C[Si](C)(C)C)cc2)cc1. The van der Waals surface area contributed by atoms with Crippen LogP contribution in [0.4, 0.5) is 0 Å². The number of hydrogen-bond acceptors (Lipinski definition) is 3. The molecule has 0 heterocycles. The molecule has 0 saturated carbocycles. The van der Waals surface area contributed by atoms with E-state index >= 15 is 0 Å². The third-order valence-electron chi connectivity index (χ3n) is 4.78. The van der Waals surface area contributed by atoms with Gasteiger partial charge in [-0.25, -0.2) is 0 Å². The van der Waals surface area contributed by atoms with Gasteiger partial charge in [-0.05, 0) is 42.1 Å². The summed E-state index contributed by atoms with van der Waals surface area (Å²) in [5.74, 6) is 0.884. The molecule has 0 spiro atoms. The second-order valence-electron chi connectivity index (χ2n) is 8.92. The number of methoxy groups -OCH3 is 1. The maximum Gasteiger partial charge on any atom is 0.118 e. The van der Waals surface area contributed by atoms with Crippen molar-refractivity contribution in [2.75, 3.05) is 20.3 Å². The van der Waals surface area contributed by atoms with Crippen molar-refractivity contribution in [3.05, 3.63) is 65.2 Å². The Kier molecular flexibility index (Phi) is 10.5. The topological polar surface area (TPSA) is 27.7 Å². The molecule has 0 aliphatic heterocycles. The first-order valence-electron chi connectivity index (χ1n) is 10.8. The van der Waals surface area contributed by atoms with Gasteiger partial charge in [0.05, 0.1) is 20.3 Å². The summed E-state index contributed by atoms with van der Waals surface area (Å²) in [7, 11) is 0.650. The Balaban J connectivity index is 1.45. The first kappa shape index (κ1) is 23.7. The quantitative estimate of drug-likeness (QED) is 0.264. The van der Waals surface area contributed by atoms with Crippen LogP contribution in [-0.4, -0.2) is 28.4 Å². The minimum Gasteiger partial charge on any atom is -0.497 e. The van der Waals surface area contributed by atoms with Crippen LogP contribution in [0.15, 0.2) is 48.5 Å². The molecule has 2 rings (SSSR count). The summed E-state index contributed by atoms with van der Waals surface area (Å²) in [6, 6.07) is 18.3.